The summed E-state index contributed by atoms with van der Waals surface area (Å²) in [5.74, 6) is 0. The summed E-state index contributed by atoms with van der Waals surface area (Å²) in [5.41, 5.74) is 4.83. The summed E-state index contributed by atoms with van der Waals surface area (Å²) in [5, 5.41) is 3.65. The molecule has 1 fully saturated rings. The molecule has 0 atom stereocenters. The van der Waals surface area contributed by atoms with E-state index in [0.717, 1.165) is 31.7 Å². The second-order valence-electron chi connectivity index (χ2n) is 6.44. The molecule has 2 amide bonds. The van der Waals surface area contributed by atoms with E-state index in [0.29, 0.717) is 11.6 Å². The number of aryl methyl sites for hydroxylation is 1. The van der Waals surface area contributed by atoms with Gasteiger partial charge in [0.2, 0.25) is 0 Å². The van der Waals surface area contributed by atoms with Crippen LogP contribution in [0.25, 0.3) is 0 Å². The number of hydrogen-bond acceptors (Lipinski definition) is 2. The van der Waals surface area contributed by atoms with Crippen LogP contribution in [0.5, 0.6) is 0 Å². The van der Waals surface area contributed by atoms with Crippen LogP contribution in [0.15, 0.2) is 42.5 Å². The first-order chi connectivity index (χ1) is 12.1. The minimum Gasteiger partial charge on any atom is -0.368 e. The zero-order chi connectivity index (χ0) is 17.8. The van der Waals surface area contributed by atoms with Crippen molar-refractivity contribution in [2.45, 2.75) is 20.4 Å². The largest absolute Gasteiger partial charge is 0.368 e. The molecule has 1 heterocycles. The summed E-state index contributed by atoms with van der Waals surface area (Å²) in [6, 6.07) is 14.0. The van der Waals surface area contributed by atoms with Crippen molar-refractivity contribution in [2.24, 2.45) is 0 Å². The summed E-state index contributed by atoms with van der Waals surface area (Å²) < 4.78 is 0. The van der Waals surface area contributed by atoms with E-state index in [9.17, 15) is 4.79 Å². The normalized spacial score (nSPS) is 14.5. The Balaban J connectivity index is 1.54. The van der Waals surface area contributed by atoms with E-state index in [1.165, 1.54) is 16.8 Å². The maximum absolute atomic E-state index is 12.4. The number of amides is 2. The summed E-state index contributed by atoms with van der Waals surface area (Å²) in [4.78, 5) is 16.6. The van der Waals surface area contributed by atoms with Crippen molar-refractivity contribution in [3.63, 3.8) is 0 Å². The van der Waals surface area contributed by atoms with Gasteiger partial charge in [-0.25, -0.2) is 4.79 Å². The third kappa shape index (κ3) is 4.07. The molecule has 1 saturated heterocycles. The van der Waals surface area contributed by atoms with E-state index >= 15 is 0 Å². The first-order valence-corrected chi connectivity index (χ1v) is 9.01. The van der Waals surface area contributed by atoms with Crippen LogP contribution in [0.1, 0.15) is 16.7 Å². The molecule has 0 unspecified atom stereocenters. The van der Waals surface area contributed by atoms with Gasteiger partial charge in [-0.3, -0.25) is 0 Å². The van der Waals surface area contributed by atoms with Crippen molar-refractivity contribution in [3.05, 3.63) is 64.2 Å². The fourth-order valence-electron chi connectivity index (χ4n) is 3.15. The number of anilines is 1. The Morgan fingerprint density at radius 1 is 1.04 bits per heavy atom. The Kier molecular flexibility index (Phi) is 5.49. The quantitative estimate of drug-likeness (QED) is 0.901. The smallest absolute Gasteiger partial charge is 0.317 e. The number of rotatable bonds is 3. The lowest BCUT2D eigenvalue weighted by atomic mass is 10.1. The third-order valence-electron chi connectivity index (χ3n) is 4.87. The van der Waals surface area contributed by atoms with Crippen molar-refractivity contribution in [1.82, 2.24) is 10.2 Å². The number of nitrogens with zero attached hydrogens (tertiary/aromatic N) is 2. The molecule has 0 aliphatic carbocycles. The van der Waals surface area contributed by atoms with Gasteiger partial charge >= 0.3 is 6.03 Å². The molecule has 0 saturated carbocycles. The van der Waals surface area contributed by atoms with Crippen molar-refractivity contribution >= 4 is 23.3 Å². The van der Waals surface area contributed by atoms with Crippen LogP contribution in [0, 0.1) is 13.8 Å². The summed E-state index contributed by atoms with van der Waals surface area (Å²) in [6.45, 7) is 7.90. The highest BCUT2D eigenvalue weighted by molar-refractivity contribution is 6.31. The van der Waals surface area contributed by atoms with Gasteiger partial charge in [0.15, 0.2) is 0 Å². The lowest BCUT2D eigenvalue weighted by Gasteiger charge is -2.37. The van der Waals surface area contributed by atoms with Gasteiger partial charge in [0.1, 0.15) is 0 Å². The number of piperazine rings is 1. The zero-order valence-electron chi connectivity index (χ0n) is 14.8. The van der Waals surface area contributed by atoms with Gasteiger partial charge in [-0.05, 0) is 42.7 Å². The first-order valence-electron chi connectivity index (χ1n) is 8.63. The predicted octanol–water partition coefficient (Wildman–Crippen LogP) is 3.99. The van der Waals surface area contributed by atoms with Crippen LogP contribution in [-0.2, 0) is 6.54 Å². The van der Waals surface area contributed by atoms with Crippen LogP contribution in [0.4, 0.5) is 10.5 Å². The monoisotopic (exact) mass is 357 g/mol. The van der Waals surface area contributed by atoms with Crippen molar-refractivity contribution in [1.29, 1.82) is 0 Å². The highest BCUT2D eigenvalue weighted by Crippen LogP contribution is 2.24. The molecular weight excluding hydrogens is 334 g/mol. The van der Waals surface area contributed by atoms with Gasteiger partial charge in [0.05, 0.1) is 0 Å². The molecule has 5 heteroatoms. The molecule has 2 aromatic rings. The maximum Gasteiger partial charge on any atom is 0.317 e. The van der Waals surface area contributed by atoms with Crippen LogP contribution in [0.3, 0.4) is 0 Å². The molecule has 0 spiro atoms. The molecule has 132 valence electrons. The number of nitrogens with one attached hydrogen (secondary N) is 1. The SMILES string of the molecule is Cc1cccc(N2CCN(C(=O)NCc3ccccc3Cl)CC2)c1C. The Morgan fingerprint density at radius 3 is 2.48 bits per heavy atom. The zero-order valence-corrected chi connectivity index (χ0v) is 15.5. The third-order valence-corrected chi connectivity index (χ3v) is 5.24. The minimum absolute atomic E-state index is 0.0273. The number of urea groups is 1. The molecule has 3 rings (SSSR count). The fourth-order valence-corrected chi connectivity index (χ4v) is 3.36. The molecule has 4 nitrogen and oxygen atoms in total. The van der Waals surface area contributed by atoms with Crippen molar-refractivity contribution < 1.29 is 4.79 Å². The van der Waals surface area contributed by atoms with Crippen molar-refractivity contribution in [3.8, 4) is 0 Å². The average Bonchev–Trinajstić information content (AvgIpc) is 2.63. The summed E-state index contributed by atoms with van der Waals surface area (Å²) >= 11 is 6.14. The number of benzene rings is 2. The van der Waals surface area contributed by atoms with E-state index < -0.39 is 0 Å². The van der Waals surface area contributed by atoms with E-state index in [4.69, 9.17) is 11.6 Å². The fraction of sp³-hybridized carbons (Fsp3) is 0.350. The molecule has 1 N–H and O–H groups in total. The van der Waals surface area contributed by atoms with Crippen LogP contribution < -0.4 is 10.2 Å². The van der Waals surface area contributed by atoms with Gasteiger partial charge in [0, 0.05) is 43.4 Å². The Bertz CT molecular complexity index is 754. The average molecular weight is 358 g/mol. The lowest BCUT2D eigenvalue weighted by Crippen LogP contribution is -2.51. The number of carbonyl (C=O) groups is 1. The van der Waals surface area contributed by atoms with Gasteiger partial charge in [-0.2, -0.15) is 0 Å². The predicted molar refractivity (Wildman–Crippen MR) is 103 cm³/mol. The van der Waals surface area contributed by atoms with Crippen LogP contribution >= 0.6 is 11.6 Å². The van der Waals surface area contributed by atoms with E-state index in [2.05, 4.69) is 42.3 Å². The maximum atomic E-state index is 12.4. The molecular formula is C20H24ClN3O. The molecule has 0 bridgehead atoms. The van der Waals surface area contributed by atoms with Gasteiger partial charge in [-0.15, -0.1) is 0 Å². The minimum atomic E-state index is -0.0273. The Hall–Kier alpha value is -2.20. The van der Waals surface area contributed by atoms with E-state index in [1.807, 2.05) is 29.2 Å². The second kappa shape index (κ2) is 7.79. The Labute approximate surface area is 154 Å². The summed E-state index contributed by atoms with van der Waals surface area (Å²) in [6.07, 6.45) is 0. The molecule has 0 aromatic heterocycles. The molecule has 0 radical (unpaired) electrons. The second-order valence-corrected chi connectivity index (χ2v) is 6.85. The summed E-state index contributed by atoms with van der Waals surface area (Å²) in [7, 11) is 0. The molecule has 2 aromatic carbocycles. The van der Waals surface area contributed by atoms with Crippen LogP contribution in [0.2, 0.25) is 5.02 Å². The van der Waals surface area contributed by atoms with Crippen molar-refractivity contribution in [2.75, 3.05) is 31.1 Å². The Morgan fingerprint density at radius 2 is 1.76 bits per heavy atom. The number of carbonyl (C=O) groups excluding carboxylic acids is 1. The number of halogens is 1. The van der Waals surface area contributed by atoms with Gasteiger partial charge in [0.25, 0.3) is 0 Å². The highest BCUT2D eigenvalue weighted by atomic mass is 35.5. The standard InChI is InChI=1S/C20H24ClN3O/c1-15-6-5-9-19(16(15)2)23-10-12-24(13-11-23)20(25)22-14-17-7-3-4-8-18(17)21/h3-9H,10-14H2,1-2H3,(H,22,25). The number of hydrogen-bond donors (Lipinski definition) is 1. The van der Waals surface area contributed by atoms with Crippen LogP contribution in [-0.4, -0.2) is 37.1 Å². The molecule has 25 heavy (non-hydrogen) atoms. The van der Waals surface area contributed by atoms with E-state index in [1.54, 1.807) is 0 Å². The van der Waals surface area contributed by atoms with Gasteiger partial charge in [-0.1, -0.05) is 41.9 Å². The molecule has 1 aliphatic rings. The highest BCUT2D eigenvalue weighted by Gasteiger charge is 2.22. The van der Waals surface area contributed by atoms with E-state index in [-0.39, 0.29) is 6.03 Å². The molecule has 1 aliphatic heterocycles. The van der Waals surface area contributed by atoms with Gasteiger partial charge < -0.3 is 15.1 Å². The topological polar surface area (TPSA) is 35.6 Å². The first kappa shape index (κ1) is 17.6. The lowest BCUT2D eigenvalue weighted by molar-refractivity contribution is 0.194.